The normalized spacial score (nSPS) is 19.7. The largest absolute Gasteiger partial charge is 0.508 e. The van der Waals surface area contributed by atoms with Gasteiger partial charge in [-0.15, -0.1) is 11.3 Å². The molecule has 0 radical (unpaired) electrons. The quantitative estimate of drug-likeness (QED) is 0.824. The van der Waals surface area contributed by atoms with Gasteiger partial charge < -0.3 is 10.2 Å². The molecule has 0 bridgehead atoms. The molecule has 0 amide bonds. The van der Waals surface area contributed by atoms with Crippen molar-refractivity contribution in [3.8, 4) is 5.75 Å². The second kappa shape index (κ2) is 8.32. The summed E-state index contributed by atoms with van der Waals surface area (Å²) in [4.78, 5) is 6.14. The number of phenols is 1. The van der Waals surface area contributed by atoms with E-state index >= 15 is 0 Å². The van der Waals surface area contributed by atoms with E-state index in [0.717, 1.165) is 38.2 Å². The van der Waals surface area contributed by atoms with Crippen LogP contribution in [0.5, 0.6) is 5.75 Å². The number of hydrogen-bond donors (Lipinski definition) is 2. The third-order valence-electron chi connectivity index (χ3n) is 4.53. The zero-order chi connectivity index (χ0) is 16.9. The second-order valence-electron chi connectivity index (χ2n) is 6.22. The third kappa shape index (κ3) is 4.49. The lowest BCUT2D eigenvalue weighted by molar-refractivity contribution is 0.0503. The Bertz CT molecular complexity index is 650. The molecule has 1 saturated heterocycles. The average Bonchev–Trinajstić information content (AvgIpc) is 3.07. The fourth-order valence-corrected chi connectivity index (χ4v) is 4.18. The van der Waals surface area contributed by atoms with Crippen LogP contribution in [-0.2, 0) is 13.1 Å². The van der Waals surface area contributed by atoms with E-state index < -0.39 is 0 Å². The van der Waals surface area contributed by atoms with Gasteiger partial charge in [0.15, 0.2) is 0 Å². The van der Waals surface area contributed by atoms with Crippen molar-refractivity contribution >= 4 is 22.9 Å². The molecule has 1 aliphatic heterocycles. The fraction of sp³-hybridized carbons (Fsp3) is 0.444. The van der Waals surface area contributed by atoms with E-state index in [2.05, 4.69) is 27.3 Å². The number of halogens is 1. The van der Waals surface area contributed by atoms with E-state index in [1.807, 2.05) is 6.07 Å². The molecule has 6 heteroatoms. The number of nitrogens with zero attached hydrogens (tertiary/aromatic N) is 2. The van der Waals surface area contributed by atoms with Crippen LogP contribution in [0.1, 0.15) is 16.9 Å². The second-order valence-corrected chi connectivity index (χ2v) is 7.69. The molecule has 2 aromatic rings. The highest BCUT2D eigenvalue weighted by Crippen LogP contribution is 2.25. The number of phenolic OH excluding ortho intramolecular Hbond substituents is 1. The van der Waals surface area contributed by atoms with Gasteiger partial charge >= 0.3 is 0 Å². The molecule has 1 aliphatic rings. The Morgan fingerprint density at radius 3 is 2.83 bits per heavy atom. The first-order chi connectivity index (χ1) is 11.7. The Balaban J connectivity index is 1.64. The third-order valence-corrected chi connectivity index (χ3v) is 5.62. The summed E-state index contributed by atoms with van der Waals surface area (Å²) in [7, 11) is 0. The highest BCUT2D eigenvalue weighted by Gasteiger charge is 2.27. The molecule has 2 N–H and O–H groups in total. The smallest absolute Gasteiger partial charge is 0.120 e. The Labute approximate surface area is 151 Å². The number of piperazine rings is 1. The number of aromatic hydroxyl groups is 1. The maximum atomic E-state index is 10.0. The number of hydrogen-bond acceptors (Lipinski definition) is 5. The number of rotatable bonds is 6. The molecule has 0 aliphatic carbocycles. The van der Waals surface area contributed by atoms with Crippen LogP contribution in [-0.4, -0.2) is 52.3 Å². The summed E-state index contributed by atoms with van der Waals surface area (Å²) in [5.74, 6) is 0.291. The molecule has 0 unspecified atom stereocenters. The van der Waals surface area contributed by atoms with Crippen molar-refractivity contribution < 1.29 is 10.2 Å². The highest BCUT2D eigenvalue weighted by atomic mass is 35.5. The standard InChI is InChI=1S/C18H23ClN2O2S/c19-15-3-4-18(23)14(10-15)11-20-6-7-21(16(12-20)5-8-22)13-17-2-1-9-24-17/h1-4,9-10,16,22-23H,5-8,11-13H2/t16-/m1/s1. The van der Waals surface area contributed by atoms with Crippen molar-refractivity contribution in [3.63, 3.8) is 0 Å². The zero-order valence-corrected chi connectivity index (χ0v) is 15.1. The first kappa shape index (κ1) is 17.7. The first-order valence-electron chi connectivity index (χ1n) is 8.22. The Kier molecular flexibility index (Phi) is 6.14. The topological polar surface area (TPSA) is 46.9 Å². The molecule has 24 heavy (non-hydrogen) atoms. The van der Waals surface area contributed by atoms with Gasteiger partial charge in [-0.25, -0.2) is 0 Å². The van der Waals surface area contributed by atoms with Crippen molar-refractivity contribution in [3.05, 3.63) is 51.2 Å². The van der Waals surface area contributed by atoms with Crippen molar-refractivity contribution in [2.24, 2.45) is 0 Å². The molecule has 1 atom stereocenters. The predicted octanol–water partition coefficient (Wildman–Crippen LogP) is 3.18. The first-order valence-corrected chi connectivity index (χ1v) is 9.48. The lowest BCUT2D eigenvalue weighted by Gasteiger charge is -2.41. The van der Waals surface area contributed by atoms with Gasteiger partial charge in [-0.2, -0.15) is 0 Å². The van der Waals surface area contributed by atoms with Crippen LogP contribution < -0.4 is 0 Å². The van der Waals surface area contributed by atoms with Gasteiger partial charge in [0.25, 0.3) is 0 Å². The van der Waals surface area contributed by atoms with Crippen molar-refractivity contribution in [2.45, 2.75) is 25.6 Å². The lowest BCUT2D eigenvalue weighted by atomic mass is 10.1. The van der Waals surface area contributed by atoms with Gasteiger partial charge in [0.05, 0.1) is 0 Å². The lowest BCUT2D eigenvalue weighted by Crippen LogP contribution is -2.52. The SMILES string of the molecule is OCC[C@@H]1CN(Cc2cc(Cl)ccc2O)CCN1Cc1cccs1. The monoisotopic (exact) mass is 366 g/mol. The number of thiophene rings is 1. The molecule has 130 valence electrons. The molecule has 2 heterocycles. The molecule has 0 spiro atoms. The van der Waals surface area contributed by atoms with Crippen LogP contribution in [0, 0.1) is 0 Å². The molecule has 1 fully saturated rings. The van der Waals surface area contributed by atoms with Crippen molar-refractivity contribution in [1.29, 1.82) is 0 Å². The summed E-state index contributed by atoms with van der Waals surface area (Å²) in [6.45, 7) is 4.61. The molecule has 1 aromatic heterocycles. The number of benzene rings is 1. The Hall–Kier alpha value is -1.11. The predicted molar refractivity (Wildman–Crippen MR) is 98.6 cm³/mol. The maximum Gasteiger partial charge on any atom is 0.120 e. The molecular formula is C18H23ClN2O2S. The van der Waals surface area contributed by atoms with Crippen LogP contribution in [0.25, 0.3) is 0 Å². The fourth-order valence-electron chi connectivity index (χ4n) is 3.26. The highest BCUT2D eigenvalue weighted by molar-refractivity contribution is 7.09. The summed E-state index contributed by atoms with van der Waals surface area (Å²) in [6, 6.07) is 9.75. The van der Waals surface area contributed by atoms with E-state index in [0.29, 0.717) is 23.4 Å². The van der Waals surface area contributed by atoms with Gasteiger partial charge in [-0.1, -0.05) is 17.7 Å². The van der Waals surface area contributed by atoms with Crippen LogP contribution >= 0.6 is 22.9 Å². The van der Waals surface area contributed by atoms with E-state index in [9.17, 15) is 10.2 Å². The van der Waals surface area contributed by atoms with Gasteiger partial charge in [-0.3, -0.25) is 9.80 Å². The summed E-state index contributed by atoms with van der Waals surface area (Å²) in [5, 5.41) is 22.2. The van der Waals surface area contributed by atoms with Crippen LogP contribution in [0.4, 0.5) is 0 Å². The summed E-state index contributed by atoms with van der Waals surface area (Å²) >= 11 is 7.82. The maximum absolute atomic E-state index is 10.0. The molecule has 3 rings (SSSR count). The van der Waals surface area contributed by atoms with Gasteiger partial charge in [-0.05, 0) is 36.1 Å². The molecule has 4 nitrogen and oxygen atoms in total. The van der Waals surface area contributed by atoms with Gasteiger partial charge in [0.2, 0.25) is 0 Å². The summed E-state index contributed by atoms with van der Waals surface area (Å²) < 4.78 is 0. The van der Waals surface area contributed by atoms with E-state index in [4.69, 9.17) is 11.6 Å². The van der Waals surface area contributed by atoms with Crippen LogP contribution in [0.2, 0.25) is 5.02 Å². The molecule has 1 aromatic carbocycles. The molecule has 0 saturated carbocycles. The minimum atomic E-state index is 0.196. The Morgan fingerprint density at radius 2 is 2.08 bits per heavy atom. The van der Waals surface area contributed by atoms with E-state index in [-0.39, 0.29) is 6.61 Å². The van der Waals surface area contributed by atoms with Gasteiger partial charge in [0.1, 0.15) is 5.75 Å². The van der Waals surface area contributed by atoms with Crippen molar-refractivity contribution in [1.82, 2.24) is 9.80 Å². The van der Waals surface area contributed by atoms with Crippen LogP contribution in [0.15, 0.2) is 35.7 Å². The number of aliphatic hydroxyl groups excluding tert-OH is 1. The summed E-state index contributed by atoms with van der Waals surface area (Å²) in [6.07, 6.45) is 0.767. The molecular weight excluding hydrogens is 344 g/mol. The minimum absolute atomic E-state index is 0.196. The Morgan fingerprint density at radius 1 is 1.21 bits per heavy atom. The van der Waals surface area contributed by atoms with Crippen LogP contribution in [0.3, 0.4) is 0 Å². The van der Waals surface area contributed by atoms with E-state index in [1.165, 1.54) is 4.88 Å². The average molecular weight is 367 g/mol. The van der Waals surface area contributed by atoms with Crippen molar-refractivity contribution in [2.75, 3.05) is 26.2 Å². The number of aliphatic hydroxyl groups is 1. The van der Waals surface area contributed by atoms with Gasteiger partial charge in [0, 0.05) is 60.8 Å². The van der Waals surface area contributed by atoms with E-state index in [1.54, 1.807) is 23.5 Å². The summed E-state index contributed by atoms with van der Waals surface area (Å²) in [5.41, 5.74) is 0.858. The minimum Gasteiger partial charge on any atom is -0.508 e. The zero-order valence-electron chi connectivity index (χ0n) is 13.6.